The maximum atomic E-state index is 12.8. The van der Waals surface area contributed by atoms with E-state index < -0.39 is 35.4 Å². The number of hydrogen-bond acceptors (Lipinski definition) is 6. The van der Waals surface area contributed by atoms with Crippen LogP contribution in [-0.2, 0) is 21.3 Å². The second-order valence-corrected chi connectivity index (χ2v) is 9.83. The summed E-state index contributed by atoms with van der Waals surface area (Å²) in [5.74, 6) is 0.0500. The fourth-order valence-electron chi connectivity index (χ4n) is 3.47. The summed E-state index contributed by atoms with van der Waals surface area (Å²) in [6.07, 6.45) is -0.741. The molecule has 1 aromatic heterocycles. The Morgan fingerprint density at radius 1 is 1.06 bits per heavy atom. The highest BCUT2D eigenvalue weighted by Gasteiger charge is 2.44. The van der Waals surface area contributed by atoms with Crippen LogP contribution in [0.1, 0.15) is 48.0 Å². The molecule has 0 bridgehead atoms. The standard InChI is InChI=1S/C22H31N3O6/c1-21(2,3)30-18(26)17-11-14(12-25(17)20(28)31-22(4,5)6)29-13-8-9-15-16(10-13)24(7)19(27)23-15/h8-10,14,17H,11-12H2,1-7H3,(H,23,27)/t14-,17-/m1/s1. The summed E-state index contributed by atoms with van der Waals surface area (Å²) in [5.41, 5.74) is -0.186. The Morgan fingerprint density at radius 3 is 2.32 bits per heavy atom. The molecule has 0 spiro atoms. The SMILES string of the molecule is Cn1c(=O)[nH]c2ccc(O[C@@H]3C[C@H](C(=O)OC(C)(C)C)N(C(=O)OC(C)(C)C)C3)cc21. The van der Waals surface area contributed by atoms with Gasteiger partial charge in [-0.25, -0.2) is 14.4 Å². The van der Waals surface area contributed by atoms with E-state index in [1.165, 1.54) is 9.47 Å². The van der Waals surface area contributed by atoms with Gasteiger partial charge in [-0.15, -0.1) is 0 Å². The number of aryl methyl sites for hydroxylation is 1. The molecule has 1 fully saturated rings. The maximum Gasteiger partial charge on any atom is 0.411 e. The van der Waals surface area contributed by atoms with E-state index in [1.54, 1.807) is 66.8 Å². The van der Waals surface area contributed by atoms with Crippen molar-refractivity contribution in [1.29, 1.82) is 0 Å². The second kappa shape index (κ2) is 7.94. The molecule has 170 valence electrons. The van der Waals surface area contributed by atoms with Crippen LogP contribution in [0.3, 0.4) is 0 Å². The van der Waals surface area contributed by atoms with Gasteiger partial charge in [0, 0.05) is 19.5 Å². The van der Waals surface area contributed by atoms with Crippen molar-refractivity contribution >= 4 is 23.1 Å². The van der Waals surface area contributed by atoms with Crippen LogP contribution in [0.2, 0.25) is 0 Å². The molecule has 1 saturated heterocycles. The Hall–Kier alpha value is -2.97. The molecule has 0 radical (unpaired) electrons. The second-order valence-electron chi connectivity index (χ2n) is 9.83. The third-order valence-electron chi connectivity index (χ3n) is 4.75. The van der Waals surface area contributed by atoms with Crippen molar-refractivity contribution in [3.8, 4) is 5.75 Å². The van der Waals surface area contributed by atoms with Crippen LogP contribution in [0.4, 0.5) is 4.79 Å². The number of aromatic amines is 1. The Kier molecular flexibility index (Phi) is 5.82. The van der Waals surface area contributed by atoms with Crippen LogP contribution in [0.25, 0.3) is 11.0 Å². The van der Waals surface area contributed by atoms with E-state index in [1.807, 2.05) is 0 Å². The van der Waals surface area contributed by atoms with Gasteiger partial charge in [0.25, 0.3) is 0 Å². The van der Waals surface area contributed by atoms with Crippen LogP contribution in [0, 0.1) is 0 Å². The average molecular weight is 434 g/mol. The summed E-state index contributed by atoms with van der Waals surface area (Å²) in [4.78, 5) is 41.5. The van der Waals surface area contributed by atoms with Gasteiger partial charge in [-0.1, -0.05) is 0 Å². The number of amides is 1. The van der Waals surface area contributed by atoms with Gasteiger partial charge in [-0.3, -0.25) is 9.47 Å². The largest absolute Gasteiger partial charge is 0.488 e. The normalized spacial score (nSPS) is 19.5. The number of aromatic nitrogens is 2. The first-order valence-electron chi connectivity index (χ1n) is 10.3. The van der Waals surface area contributed by atoms with E-state index in [9.17, 15) is 14.4 Å². The molecule has 3 rings (SSSR count). The minimum atomic E-state index is -0.806. The zero-order chi connectivity index (χ0) is 23.1. The number of hydrogen-bond donors (Lipinski definition) is 1. The van der Waals surface area contributed by atoms with Gasteiger partial charge in [-0.05, 0) is 53.7 Å². The summed E-state index contributed by atoms with van der Waals surface area (Å²) in [6.45, 7) is 10.8. The Morgan fingerprint density at radius 2 is 1.71 bits per heavy atom. The number of fused-ring (bicyclic) bond motifs is 1. The van der Waals surface area contributed by atoms with Crippen molar-refractivity contribution in [2.75, 3.05) is 6.54 Å². The van der Waals surface area contributed by atoms with Gasteiger partial charge in [0.15, 0.2) is 0 Å². The van der Waals surface area contributed by atoms with Gasteiger partial charge >= 0.3 is 17.8 Å². The Bertz CT molecular complexity index is 1000. The molecule has 1 amide bonds. The lowest BCUT2D eigenvalue weighted by Gasteiger charge is -2.29. The topological polar surface area (TPSA) is 103 Å². The molecular formula is C22H31N3O6. The van der Waals surface area contributed by atoms with Gasteiger partial charge in [0.05, 0.1) is 17.6 Å². The average Bonchev–Trinajstić information content (AvgIpc) is 3.14. The number of benzene rings is 1. The molecule has 1 N–H and O–H groups in total. The van der Waals surface area contributed by atoms with Gasteiger partial charge < -0.3 is 19.2 Å². The predicted molar refractivity (Wildman–Crippen MR) is 115 cm³/mol. The number of nitrogens with zero attached hydrogens (tertiary/aromatic N) is 2. The number of carbonyl (C=O) groups is 2. The molecule has 1 aliphatic rings. The van der Waals surface area contributed by atoms with E-state index in [0.29, 0.717) is 16.8 Å². The lowest BCUT2D eigenvalue weighted by molar-refractivity contribution is -0.160. The fraction of sp³-hybridized carbons (Fsp3) is 0.591. The number of likely N-dealkylation sites (tertiary alicyclic amines) is 1. The predicted octanol–water partition coefficient (Wildman–Crippen LogP) is 2.97. The van der Waals surface area contributed by atoms with Gasteiger partial charge in [0.2, 0.25) is 0 Å². The van der Waals surface area contributed by atoms with Crippen LogP contribution < -0.4 is 10.4 Å². The maximum absolute atomic E-state index is 12.8. The molecule has 9 heteroatoms. The van der Waals surface area contributed by atoms with Crippen molar-refractivity contribution < 1.29 is 23.8 Å². The summed E-state index contributed by atoms with van der Waals surface area (Å²) in [6, 6.07) is 4.46. The van der Waals surface area contributed by atoms with Crippen LogP contribution in [-0.4, -0.2) is 56.4 Å². The van der Waals surface area contributed by atoms with Crippen molar-refractivity contribution in [2.45, 2.75) is 71.3 Å². The molecule has 31 heavy (non-hydrogen) atoms. The lowest BCUT2D eigenvalue weighted by Crippen LogP contribution is -2.45. The van der Waals surface area contributed by atoms with Crippen LogP contribution in [0.15, 0.2) is 23.0 Å². The zero-order valence-corrected chi connectivity index (χ0v) is 19.1. The smallest absolute Gasteiger partial charge is 0.411 e. The molecule has 1 aromatic carbocycles. The zero-order valence-electron chi connectivity index (χ0n) is 19.1. The summed E-state index contributed by atoms with van der Waals surface area (Å²) in [5, 5.41) is 0. The molecular weight excluding hydrogens is 402 g/mol. The molecule has 0 saturated carbocycles. The summed E-state index contributed by atoms with van der Waals surface area (Å²) < 4.78 is 18.6. The van der Waals surface area contributed by atoms with Crippen LogP contribution >= 0.6 is 0 Å². The monoisotopic (exact) mass is 433 g/mol. The summed E-state index contributed by atoms with van der Waals surface area (Å²) in [7, 11) is 1.67. The number of esters is 1. The van der Waals surface area contributed by atoms with E-state index in [4.69, 9.17) is 14.2 Å². The van der Waals surface area contributed by atoms with E-state index in [-0.39, 0.29) is 18.7 Å². The molecule has 9 nitrogen and oxygen atoms in total. The number of nitrogens with one attached hydrogen (secondary N) is 1. The first-order chi connectivity index (χ1) is 14.2. The third kappa shape index (κ3) is 5.39. The minimum Gasteiger partial charge on any atom is -0.488 e. The highest BCUT2D eigenvalue weighted by Crippen LogP contribution is 2.28. The minimum absolute atomic E-state index is 0.183. The molecule has 0 aliphatic carbocycles. The lowest BCUT2D eigenvalue weighted by atomic mass is 10.1. The first-order valence-corrected chi connectivity index (χ1v) is 10.3. The van der Waals surface area contributed by atoms with Crippen molar-refractivity contribution in [3.05, 3.63) is 28.7 Å². The fourth-order valence-corrected chi connectivity index (χ4v) is 3.47. The molecule has 2 heterocycles. The van der Waals surface area contributed by atoms with Crippen LogP contribution in [0.5, 0.6) is 5.75 Å². The first kappa shape index (κ1) is 22.7. The number of ether oxygens (including phenoxy) is 3. The molecule has 2 atom stereocenters. The number of carbonyl (C=O) groups excluding carboxylic acids is 2. The van der Waals surface area contributed by atoms with Crippen molar-refractivity contribution in [1.82, 2.24) is 14.5 Å². The van der Waals surface area contributed by atoms with E-state index in [0.717, 1.165) is 0 Å². The van der Waals surface area contributed by atoms with E-state index >= 15 is 0 Å². The summed E-state index contributed by atoms with van der Waals surface area (Å²) >= 11 is 0. The third-order valence-corrected chi connectivity index (χ3v) is 4.75. The molecule has 2 aromatic rings. The number of imidazole rings is 1. The number of H-pyrrole nitrogens is 1. The van der Waals surface area contributed by atoms with Crippen molar-refractivity contribution in [2.24, 2.45) is 7.05 Å². The van der Waals surface area contributed by atoms with E-state index in [2.05, 4.69) is 4.98 Å². The van der Waals surface area contributed by atoms with Gasteiger partial charge in [-0.2, -0.15) is 0 Å². The Balaban J connectivity index is 1.81. The highest BCUT2D eigenvalue weighted by atomic mass is 16.6. The highest BCUT2D eigenvalue weighted by molar-refractivity contribution is 5.83. The Labute approximate surface area is 181 Å². The number of rotatable bonds is 3. The molecule has 1 aliphatic heterocycles. The quantitative estimate of drug-likeness (QED) is 0.747. The van der Waals surface area contributed by atoms with Gasteiger partial charge in [0.1, 0.15) is 29.1 Å². The molecule has 0 unspecified atom stereocenters. The van der Waals surface area contributed by atoms with Crippen molar-refractivity contribution in [3.63, 3.8) is 0 Å².